The summed E-state index contributed by atoms with van der Waals surface area (Å²) in [4.78, 5) is 35.0. The maximum atomic E-state index is 12.9. The van der Waals surface area contributed by atoms with E-state index in [-0.39, 0.29) is 55.0 Å². The number of aromatic nitrogens is 4. The zero-order valence-electron chi connectivity index (χ0n) is 48.6. The molecule has 0 amide bonds. The van der Waals surface area contributed by atoms with E-state index in [4.69, 9.17) is 21.0 Å². The van der Waals surface area contributed by atoms with E-state index in [9.17, 15) is 46.5 Å². The summed E-state index contributed by atoms with van der Waals surface area (Å²) in [5, 5.41) is 71.8. The van der Waals surface area contributed by atoms with E-state index < -0.39 is 36.6 Å². The second kappa shape index (κ2) is 26.8. The number of rotatable bonds is 8. The summed E-state index contributed by atoms with van der Waals surface area (Å²) >= 11 is 0. The van der Waals surface area contributed by atoms with Crippen LogP contribution in [0.4, 0.5) is 49.1 Å². The van der Waals surface area contributed by atoms with Crippen LogP contribution in [0.2, 0.25) is 0 Å². The van der Waals surface area contributed by atoms with Gasteiger partial charge in [0.15, 0.2) is 12.2 Å². The van der Waals surface area contributed by atoms with E-state index in [2.05, 4.69) is 61.8 Å². The lowest BCUT2D eigenvalue weighted by Gasteiger charge is -2.34. The molecule has 22 heteroatoms. The molecular weight excluding hydrogens is 1140 g/mol. The summed E-state index contributed by atoms with van der Waals surface area (Å²) in [6, 6.07) is 36.4. The Kier molecular flexibility index (Phi) is 19.3. The van der Waals surface area contributed by atoms with E-state index in [1.165, 1.54) is 12.4 Å². The Hall–Kier alpha value is -9.19. The van der Waals surface area contributed by atoms with Gasteiger partial charge >= 0.3 is 12.4 Å². The lowest BCUT2D eigenvalue weighted by molar-refractivity contribution is -0.209. The maximum Gasteiger partial charge on any atom is 0.416 e. The van der Waals surface area contributed by atoms with Crippen LogP contribution in [0.5, 0.6) is 0 Å². The number of hydrogen-bond donors (Lipinski definition) is 3. The monoisotopic (exact) mass is 1200 g/mol. The number of halogens is 6. The maximum absolute atomic E-state index is 12.9. The Morgan fingerprint density at radius 1 is 0.466 bits per heavy atom. The number of nitrogens with zero attached hydrogens (tertiary/aromatic N) is 12. The molecule has 4 aromatic heterocycles. The van der Waals surface area contributed by atoms with Crippen LogP contribution in [-0.2, 0) is 4.79 Å². The van der Waals surface area contributed by atoms with E-state index in [1.807, 2.05) is 68.5 Å². The molecule has 454 valence electrons. The van der Waals surface area contributed by atoms with Crippen molar-refractivity contribution in [3.63, 3.8) is 0 Å². The molecule has 8 aromatic rings. The predicted molar refractivity (Wildman–Crippen MR) is 323 cm³/mol. The minimum absolute atomic E-state index is 0.0419. The molecule has 12 rings (SSSR count). The third-order valence-corrected chi connectivity index (χ3v) is 17.3. The van der Waals surface area contributed by atoms with E-state index in [0.717, 1.165) is 75.7 Å². The molecule has 4 aromatic carbocycles. The molecule has 4 saturated heterocycles. The van der Waals surface area contributed by atoms with Crippen LogP contribution >= 0.6 is 0 Å². The Balaban J connectivity index is 0.000000140. The van der Waals surface area contributed by atoms with Crippen molar-refractivity contribution in [2.45, 2.75) is 152 Å². The average Bonchev–Trinajstić information content (AvgIpc) is 2.46. The van der Waals surface area contributed by atoms with Crippen LogP contribution in [0.15, 0.2) is 122 Å². The number of aldehydes is 1. The number of alkyl halides is 6. The number of nitriles is 4. The van der Waals surface area contributed by atoms with Crippen molar-refractivity contribution < 1.29 is 46.5 Å². The highest BCUT2D eigenvalue weighted by Gasteiger charge is 2.50. The van der Waals surface area contributed by atoms with Crippen molar-refractivity contribution in [3.8, 4) is 24.3 Å². The number of pyridine rings is 4. The van der Waals surface area contributed by atoms with Gasteiger partial charge in [0.25, 0.3) is 0 Å². The van der Waals surface area contributed by atoms with Crippen molar-refractivity contribution in [3.05, 3.63) is 145 Å². The van der Waals surface area contributed by atoms with Gasteiger partial charge in [0.05, 0.1) is 30.8 Å². The Morgan fingerprint density at radius 3 is 1.08 bits per heavy atom. The number of anilines is 4. The largest absolute Gasteiger partial charge is 0.416 e. The molecule has 0 aliphatic carbocycles. The Labute approximate surface area is 504 Å². The summed E-state index contributed by atoms with van der Waals surface area (Å²) in [6.45, 7) is 8.21. The standard InChI is InChI=1S/2C17H16F3N3O.C16H17N3O.C16H15N3O/c2*1-10-2-5-15(16(24)17(18,19)20)23(10)12-3-4-13-11(8-12)6-7-22-14(13)9-21;2*1-11-2-3-14(10-20)19(11)13-4-5-15-12(8-13)6-7-18-16(15)9-17/h2*3-4,6-8,10,15-16,24H,2,5H2,1H3;4-8,11,14,20H,2-3,10H2,1H3;4-8,10-11,14H,2-3H2,1H3/t10-,15-,16+;10-,15-,16-;2*11-,14-/m0000/s1. The first-order valence-corrected chi connectivity index (χ1v) is 29.0. The minimum atomic E-state index is -4.65. The van der Waals surface area contributed by atoms with E-state index >= 15 is 0 Å². The summed E-state index contributed by atoms with van der Waals surface area (Å²) in [5.74, 6) is 0. The Bertz CT molecular complexity index is 3880. The zero-order valence-corrected chi connectivity index (χ0v) is 48.6. The SMILES string of the molecule is C[C@H]1CC[C@@H](C=O)N1c1ccc2c(C#N)nccc2c1.C[C@H]1CC[C@@H](CO)N1c1ccc2c(C#N)nccc2c1.C[C@H]1CC[C@@H]([C@@H](O)C(F)(F)F)N1c1ccc2c(C#N)nccc2c1.C[C@H]1CC[C@@H]([C@H](O)C(F)(F)F)N1c1ccc2c(C#N)nccc2c1. The van der Waals surface area contributed by atoms with Gasteiger partial charge in [-0.2, -0.15) is 47.4 Å². The molecule has 0 saturated carbocycles. The van der Waals surface area contributed by atoms with Gasteiger partial charge in [0, 0.05) is 93.2 Å². The van der Waals surface area contributed by atoms with Crippen LogP contribution in [0.1, 0.15) is 102 Å². The molecule has 10 atom stereocenters. The third-order valence-electron chi connectivity index (χ3n) is 17.3. The molecule has 4 aliphatic heterocycles. The van der Waals surface area contributed by atoms with Crippen molar-refractivity contribution in [2.75, 3.05) is 26.2 Å². The van der Waals surface area contributed by atoms with Crippen molar-refractivity contribution >= 4 is 72.1 Å². The second-order valence-electron chi connectivity index (χ2n) is 22.7. The van der Waals surface area contributed by atoms with Crippen LogP contribution < -0.4 is 19.6 Å². The smallest absolute Gasteiger partial charge is 0.394 e. The quantitative estimate of drug-likeness (QED) is 0.0947. The molecule has 0 unspecified atom stereocenters. The van der Waals surface area contributed by atoms with Crippen molar-refractivity contribution in [1.82, 2.24) is 19.9 Å². The highest BCUT2D eigenvalue weighted by molar-refractivity contribution is 5.92. The number of aliphatic hydroxyl groups excluding tert-OH is 3. The van der Waals surface area contributed by atoms with Gasteiger partial charge < -0.3 is 39.7 Å². The number of benzene rings is 4. The zero-order chi connectivity index (χ0) is 63.2. The molecule has 0 bridgehead atoms. The minimum Gasteiger partial charge on any atom is -0.394 e. The molecule has 4 aliphatic rings. The lowest BCUT2D eigenvalue weighted by Crippen LogP contribution is -2.48. The molecule has 0 radical (unpaired) electrons. The van der Waals surface area contributed by atoms with Crippen LogP contribution in [0, 0.1) is 45.3 Å². The number of carbonyl (C=O) groups is 1. The summed E-state index contributed by atoms with van der Waals surface area (Å²) < 4.78 is 77.7. The molecule has 3 N–H and O–H groups in total. The third kappa shape index (κ3) is 13.2. The fraction of sp³-hybridized carbons (Fsp3) is 0.379. The first-order valence-electron chi connectivity index (χ1n) is 29.0. The van der Waals surface area contributed by atoms with Crippen LogP contribution in [-0.4, -0.2) is 121 Å². The highest BCUT2D eigenvalue weighted by atomic mass is 19.4. The molecule has 16 nitrogen and oxygen atoms in total. The molecular formula is C66H64F6N12O4. The molecule has 88 heavy (non-hydrogen) atoms. The number of fused-ring (bicyclic) bond motifs is 4. The van der Waals surface area contributed by atoms with E-state index in [0.29, 0.717) is 58.5 Å². The van der Waals surface area contributed by atoms with Gasteiger partial charge in [0.2, 0.25) is 0 Å². The fourth-order valence-electron chi connectivity index (χ4n) is 13.0. The van der Waals surface area contributed by atoms with Gasteiger partial charge in [-0.1, -0.05) is 0 Å². The average molecular weight is 1200 g/mol. The Morgan fingerprint density at radius 2 is 0.761 bits per heavy atom. The summed E-state index contributed by atoms with van der Waals surface area (Å²) in [6.07, 6.45) is -0.954. The van der Waals surface area contributed by atoms with Crippen molar-refractivity contribution in [1.29, 1.82) is 21.0 Å². The van der Waals surface area contributed by atoms with Gasteiger partial charge in [-0.3, -0.25) is 0 Å². The fourth-order valence-corrected chi connectivity index (χ4v) is 13.0. The van der Waals surface area contributed by atoms with Crippen LogP contribution in [0.25, 0.3) is 43.1 Å². The number of aliphatic hydroxyl groups is 3. The molecule has 8 heterocycles. The highest BCUT2D eigenvalue weighted by Crippen LogP contribution is 2.41. The molecule has 0 spiro atoms. The first kappa shape index (κ1) is 63.3. The van der Waals surface area contributed by atoms with Gasteiger partial charge in [-0.15, -0.1) is 0 Å². The van der Waals surface area contributed by atoms with Crippen molar-refractivity contribution in [2.24, 2.45) is 0 Å². The second-order valence-corrected chi connectivity index (χ2v) is 22.7. The topological polar surface area (TPSA) is 237 Å². The van der Waals surface area contributed by atoms with Gasteiger partial charge in [0.1, 0.15) is 53.3 Å². The van der Waals surface area contributed by atoms with Crippen LogP contribution in [0.3, 0.4) is 0 Å². The number of carbonyl (C=O) groups excluding carboxylic acids is 1. The predicted octanol–water partition coefficient (Wildman–Crippen LogP) is 11.9. The van der Waals surface area contributed by atoms with E-state index in [1.54, 1.807) is 70.7 Å². The van der Waals surface area contributed by atoms with Gasteiger partial charge in [-0.25, -0.2) is 19.9 Å². The lowest BCUT2D eigenvalue weighted by atomic mass is 10.1. The first-order chi connectivity index (χ1) is 42.1. The summed E-state index contributed by atoms with van der Waals surface area (Å²) in [5.41, 5.74) is 4.82. The normalized spacial score (nSPS) is 22.3. The molecule has 4 fully saturated rings. The number of hydrogen-bond acceptors (Lipinski definition) is 16. The van der Waals surface area contributed by atoms with Gasteiger partial charge in [-0.05, 0) is 198 Å². The summed E-state index contributed by atoms with van der Waals surface area (Å²) in [7, 11) is 0.